The second-order valence-electron chi connectivity index (χ2n) is 7.78. The Morgan fingerprint density at radius 3 is 2.57 bits per heavy atom. The zero-order valence-corrected chi connectivity index (χ0v) is 16.6. The van der Waals surface area contributed by atoms with Gasteiger partial charge in [-0.2, -0.15) is 10.4 Å². The number of pyridine rings is 1. The van der Waals surface area contributed by atoms with E-state index in [1.807, 2.05) is 68.8 Å². The number of hydrogen-bond donors (Lipinski definition) is 1. The minimum Gasteiger partial charge on any atom is -0.370 e. The molecule has 6 nitrogen and oxygen atoms in total. The second-order valence-corrected chi connectivity index (χ2v) is 7.78. The molecule has 0 atom stereocenters. The molecule has 2 aromatic heterocycles. The van der Waals surface area contributed by atoms with Gasteiger partial charge in [0.25, 0.3) is 0 Å². The number of aromatic nitrogens is 3. The summed E-state index contributed by atoms with van der Waals surface area (Å²) < 4.78 is 7.89. The van der Waals surface area contributed by atoms with Gasteiger partial charge in [0.1, 0.15) is 6.07 Å². The maximum absolute atomic E-state index is 9.95. The fourth-order valence-corrected chi connectivity index (χ4v) is 3.64. The molecule has 0 amide bonds. The minimum atomic E-state index is -0.337. The quantitative estimate of drug-likeness (QED) is 0.739. The minimum absolute atomic E-state index is 0.337. The highest BCUT2D eigenvalue weighted by Crippen LogP contribution is 2.36. The van der Waals surface area contributed by atoms with Crippen LogP contribution in [0, 0.1) is 25.2 Å². The third kappa shape index (κ3) is 3.25. The lowest BCUT2D eigenvalue weighted by Gasteiger charge is -2.33. The second kappa shape index (κ2) is 6.77. The number of benzene rings is 1. The average Bonchev–Trinajstić information content (AvgIpc) is 2.99. The number of fused-ring (bicyclic) bond motifs is 1. The van der Waals surface area contributed by atoms with Crippen LogP contribution in [-0.4, -0.2) is 20.4 Å². The molecule has 1 N–H and O–H groups in total. The van der Waals surface area contributed by atoms with Gasteiger partial charge in [-0.05, 0) is 51.5 Å². The number of nitrogens with zero attached hydrogens (tertiary/aromatic N) is 4. The zero-order chi connectivity index (χ0) is 19.9. The van der Waals surface area contributed by atoms with E-state index in [1.165, 1.54) is 0 Å². The number of rotatable bonds is 3. The largest absolute Gasteiger partial charge is 0.370 e. The van der Waals surface area contributed by atoms with Gasteiger partial charge in [-0.1, -0.05) is 18.2 Å². The van der Waals surface area contributed by atoms with Crippen LogP contribution in [0.5, 0.6) is 0 Å². The smallest absolute Gasteiger partial charge is 0.161 e. The van der Waals surface area contributed by atoms with Gasteiger partial charge < -0.3 is 10.1 Å². The van der Waals surface area contributed by atoms with Crippen molar-refractivity contribution >= 4 is 11.5 Å². The van der Waals surface area contributed by atoms with Gasteiger partial charge in [0.2, 0.25) is 0 Å². The maximum atomic E-state index is 9.95. The first-order valence-corrected chi connectivity index (χ1v) is 9.33. The molecule has 4 rings (SSSR count). The summed E-state index contributed by atoms with van der Waals surface area (Å²) in [6.45, 7) is 8.46. The monoisotopic (exact) mass is 373 g/mol. The van der Waals surface area contributed by atoms with Crippen LogP contribution >= 0.6 is 0 Å². The zero-order valence-electron chi connectivity index (χ0n) is 16.6. The summed E-state index contributed by atoms with van der Waals surface area (Å²) >= 11 is 0. The number of aryl methyl sites for hydroxylation is 2. The van der Waals surface area contributed by atoms with Crippen LogP contribution < -0.4 is 5.32 Å². The Hall–Kier alpha value is -3.17. The molecule has 3 heterocycles. The summed E-state index contributed by atoms with van der Waals surface area (Å²) in [4.78, 5) is 4.83. The SMILES string of the molecule is Cc1cc(C)n(-c2nc(Nc3ccccc3)c(C#N)c3c2COC(C)(C)C3)n1. The highest BCUT2D eigenvalue weighted by Gasteiger charge is 2.32. The molecule has 0 radical (unpaired) electrons. The van der Waals surface area contributed by atoms with Crippen LogP contribution in [0.25, 0.3) is 5.82 Å². The average molecular weight is 373 g/mol. The Kier molecular flexibility index (Phi) is 4.40. The first-order valence-electron chi connectivity index (χ1n) is 9.33. The molecule has 0 saturated carbocycles. The molecule has 1 aliphatic heterocycles. The van der Waals surface area contributed by atoms with Crippen molar-refractivity contribution in [2.45, 2.75) is 46.3 Å². The number of nitrogens with one attached hydrogen (secondary N) is 1. The van der Waals surface area contributed by atoms with Crippen LogP contribution in [0.15, 0.2) is 36.4 Å². The molecular weight excluding hydrogens is 350 g/mol. The van der Waals surface area contributed by atoms with Gasteiger partial charge in [-0.25, -0.2) is 9.67 Å². The van der Waals surface area contributed by atoms with Crippen LogP contribution in [0.2, 0.25) is 0 Å². The molecule has 6 heteroatoms. The molecule has 3 aromatic rings. The maximum Gasteiger partial charge on any atom is 0.161 e. The molecule has 0 bridgehead atoms. The van der Waals surface area contributed by atoms with E-state index < -0.39 is 0 Å². The topological polar surface area (TPSA) is 75.8 Å². The van der Waals surface area contributed by atoms with Crippen molar-refractivity contribution in [1.82, 2.24) is 14.8 Å². The normalized spacial score (nSPS) is 15.0. The van der Waals surface area contributed by atoms with Gasteiger partial charge >= 0.3 is 0 Å². The Morgan fingerprint density at radius 1 is 1.18 bits per heavy atom. The third-order valence-corrected chi connectivity index (χ3v) is 4.96. The summed E-state index contributed by atoms with van der Waals surface area (Å²) in [5, 5.41) is 17.9. The number of ether oxygens (including phenoxy) is 1. The van der Waals surface area contributed by atoms with Crippen molar-refractivity contribution in [3.8, 4) is 11.9 Å². The predicted molar refractivity (Wildman–Crippen MR) is 108 cm³/mol. The lowest BCUT2D eigenvalue weighted by Crippen LogP contribution is -2.33. The van der Waals surface area contributed by atoms with Gasteiger partial charge in [0, 0.05) is 23.4 Å². The molecule has 0 spiro atoms. The molecule has 142 valence electrons. The number of para-hydroxylation sites is 1. The molecular formula is C22H23N5O. The number of hydrogen-bond acceptors (Lipinski definition) is 5. The van der Waals surface area contributed by atoms with Crippen molar-refractivity contribution in [2.24, 2.45) is 0 Å². The van der Waals surface area contributed by atoms with E-state index in [4.69, 9.17) is 9.72 Å². The van der Waals surface area contributed by atoms with Gasteiger partial charge in [-0.3, -0.25) is 0 Å². The van der Waals surface area contributed by atoms with E-state index in [1.54, 1.807) is 0 Å². The third-order valence-electron chi connectivity index (χ3n) is 4.96. The standard InChI is InChI=1S/C22H23N5O/c1-14-10-15(2)27(26-14)21-19-13-28-22(3,4)11-17(19)18(12-23)20(25-21)24-16-8-6-5-7-9-16/h5-10H,11,13H2,1-4H3,(H,24,25). The van der Waals surface area contributed by atoms with Crippen molar-refractivity contribution in [3.63, 3.8) is 0 Å². The fourth-order valence-electron chi connectivity index (χ4n) is 3.64. The fraction of sp³-hybridized carbons (Fsp3) is 0.318. The van der Waals surface area contributed by atoms with Crippen molar-refractivity contribution in [3.05, 3.63) is 64.5 Å². The predicted octanol–water partition coefficient (Wildman–Crippen LogP) is 4.35. The van der Waals surface area contributed by atoms with Gasteiger partial charge in [0.15, 0.2) is 11.6 Å². The van der Waals surface area contributed by atoms with Crippen LogP contribution in [-0.2, 0) is 17.8 Å². The Bertz CT molecular complexity index is 1080. The summed E-state index contributed by atoms with van der Waals surface area (Å²) in [7, 11) is 0. The summed E-state index contributed by atoms with van der Waals surface area (Å²) in [5.74, 6) is 1.27. The van der Waals surface area contributed by atoms with Crippen LogP contribution in [0.1, 0.15) is 41.9 Å². The van der Waals surface area contributed by atoms with E-state index in [-0.39, 0.29) is 5.60 Å². The molecule has 0 unspecified atom stereocenters. The lowest BCUT2D eigenvalue weighted by atomic mass is 9.89. The highest BCUT2D eigenvalue weighted by molar-refractivity contribution is 5.68. The summed E-state index contributed by atoms with van der Waals surface area (Å²) in [6, 6.07) is 14.2. The van der Waals surface area contributed by atoms with Gasteiger partial charge in [0.05, 0.1) is 23.5 Å². The molecule has 0 saturated heterocycles. The van der Waals surface area contributed by atoms with E-state index in [0.717, 1.165) is 28.2 Å². The first-order chi connectivity index (χ1) is 13.4. The van der Waals surface area contributed by atoms with Crippen LogP contribution in [0.3, 0.4) is 0 Å². The molecule has 0 fully saturated rings. The molecule has 1 aliphatic rings. The molecule has 0 aliphatic carbocycles. The van der Waals surface area contributed by atoms with Crippen molar-refractivity contribution in [1.29, 1.82) is 5.26 Å². The summed E-state index contributed by atoms with van der Waals surface area (Å²) in [6.07, 6.45) is 0.642. The Morgan fingerprint density at radius 2 is 1.93 bits per heavy atom. The molecule has 1 aromatic carbocycles. The Labute approximate surface area is 164 Å². The van der Waals surface area contributed by atoms with E-state index in [0.29, 0.717) is 30.2 Å². The highest BCUT2D eigenvalue weighted by atomic mass is 16.5. The lowest BCUT2D eigenvalue weighted by molar-refractivity contribution is -0.0403. The number of nitriles is 1. The summed E-state index contributed by atoms with van der Waals surface area (Å²) in [5.41, 5.74) is 4.95. The molecule has 28 heavy (non-hydrogen) atoms. The van der Waals surface area contributed by atoms with E-state index in [2.05, 4.69) is 16.5 Å². The number of anilines is 2. The van der Waals surface area contributed by atoms with Crippen molar-refractivity contribution in [2.75, 3.05) is 5.32 Å². The van der Waals surface area contributed by atoms with Crippen LogP contribution in [0.4, 0.5) is 11.5 Å². The van der Waals surface area contributed by atoms with E-state index >= 15 is 0 Å². The van der Waals surface area contributed by atoms with Gasteiger partial charge in [-0.15, -0.1) is 0 Å². The van der Waals surface area contributed by atoms with E-state index in [9.17, 15) is 5.26 Å². The van der Waals surface area contributed by atoms with Crippen molar-refractivity contribution < 1.29 is 4.74 Å². The Balaban J connectivity index is 1.95. The first kappa shape index (κ1) is 18.2.